The maximum Gasteiger partial charge on any atom is 0.248 e. The number of ether oxygens (including phenoxy) is 1. The molecule has 1 aromatic heterocycles. The summed E-state index contributed by atoms with van der Waals surface area (Å²) >= 11 is 2.01. The summed E-state index contributed by atoms with van der Waals surface area (Å²) in [5.74, 6) is 3.09. The molecule has 7 nitrogen and oxygen atoms in total. The molecule has 0 aliphatic carbocycles. The molecule has 0 spiro atoms. The molecule has 1 aliphatic rings. The van der Waals surface area contributed by atoms with E-state index in [2.05, 4.69) is 46.1 Å². The zero-order valence-corrected chi connectivity index (χ0v) is 18.9. The summed E-state index contributed by atoms with van der Waals surface area (Å²) in [6.07, 6.45) is -0.162. The molecule has 0 bridgehead atoms. The van der Waals surface area contributed by atoms with E-state index in [0.29, 0.717) is 24.9 Å². The number of aromatic nitrogens is 2. The van der Waals surface area contributed by atoms with Crippen molar-refractivity contribution in [1.29, 1.82) is 0 Å². The largest absolute Gasteiger partial charge is 0.371 e. The van der Waals surface area contributed by atoms with E-state index >= 15 is 0 Å². The highest BCUT2D eigenvalue weighted by atomic mass is 127. The van der Waals surface area contributed by atoms with E-state index in [1.165, 1.54) is 0 Å². The predicted molar refractivity (Wildman–Crippen MR) is 113 cm³/mol. The van der Waals surface area contributed by atoms with Crippen molar-refractivity contribution in [3.05, 3.63) is 11.7 Å². The van der Waals surface area contributed by atoms with Gasteiger partial charge in [0, 0.05) is 36.7 Å². The molecule has 1 unspecified atom stereocenters. The summed E-state index contributed by atoms with van der Waals surface area (Å²) in [5.41, 5.74) is 0. The first kappa shape index (κ1) is 22.5. The van der Waals surface area contributed by atoms with Gasteiger partial charge < -0.3 is 19.5 Å². The highest BCUT2D eigenvalue weighted by Crippen LogP contribution is 2.29. The molecule has 0 aromatic carbocycles. The Morgan fingerprint density at radius 3 is 2.88 bits per heavy atom. The lowest BCUT2D eigenvalue weighted by atomic mass is 10.2. The lowest BCUT2D eigenvalue weighted by molar-refractivity contribution is 0.0683. The molecule has 9 heteroatoms. The minimum absolute atomic E-state index is 0. The molecule has 0 saturated carbocycles. The van der Waals surface area contributed by atoms with Gasteiger partial charge in [0.1, 0.15) is 12.6 Å². The number of thioether (sulfide) groups is 1. The molecule has 1 saturated heterocycles. The summed E-state index contributed by atoms with van der Waals surface area (Å²) in [4.78, 5) is 11.4. The van der Waals surface area contributed by atoms with Crippen molar-refractivity contribution >= 4 is 41.7 Å². The van der Waals surface area contributed by atoms with Crippen LogP contribution in [0.2, 0.25) is 0 Å². The van der Waals surface area contributed by atoms with Crippen LogP contribution in [-0.4, -0.2) is 57.7 Å². The summed E-state index contributed by atoms with van der Waals surface area (Å²) in [6, 6.07) is 0. The number of guanidine groups is 1. The number of nitrogens with zero attached hydrogens (tertiary/aromatic N) is 4. The van der Waals surface area contributed by atoms with Crippen molar-refractivity contribution in [3.63, 3.8) is 0 Å². The Morgan fingerprint density at radius 2 is 2.24 bits per heavy atom. The fourth-order valence-electron chi connectivity index (χ4n) is 2.59. The van der Waals surface area contributed by atoms with E-state index in [9.17, 15) is 0 Å². The van der Waals surface area contributed by atoms with Crippen LogP contribution in [0.15, 0.2) is 9.52 Å². The Hall–Kier alpha value is -0.550. The van der Waals surface area contributed by atoms with Crippen LogP contribution in [0.25, 0.3) is 0 Å². The minimum Gasteiger partial charge on any atom is -0.371 e. The second kappa shape index (κ2) is 10.6. The number of aliphatic imine (C=N–C) groups is 1. The molecular weight excluding hydrogens is 453 g/mol. The van der Waals surface area contributed by atoms with Crippen LogP contribution < -0.4 is 5.32 Å². The lowest BCUT2D eigenvalue weighted by Gasteiger charge is -2.39. The lowest BCUT2D eigenvalue weighted by Crippen LogP contribution is -2.50. The average Bonchev–Trinajstić information content (AvgIpc) is 2.99. The molecule has 2 heterocycles. The molecule has 0 radical (unpaired) electrons. The van der Waals surface area contributed by atoms with Gasteiger partial charge in [0.25, 0.3) is 0 Å². The smallest absolute Gasteiger partial charge is 0.248 e. The van der Waals surface area contributed by atoms with E-state index in [1.54, 1.807) is 0 Å². The van der Waals surface area contributed by atoms with E-state index in [0.717, 1.165) is 31.3 Å². The van der Waals surface area contributed by atoms with Gasteiger partial charge in [-0.15, -0.1) is 24.0 Å². The van der Waals surface area contributed by atoms with E-state index in [-0.39, 0.29) is 34.8 Å². The van der Waals surface area contributed by atoms with Crippen LogP contribution in [0, 0.1) is 0 Å². The zero-order valence-electron chi connectivity index (χ0n) is 15.7. The minimum atomic E-state index is -0.162. The first-order valence-electron chi connectivity index (χ1n) is 8.56. The Morgan fingerprint density at radius 1 is 1.48 bits per heavy atom. The van der Waals surface area contributed by atoms with Crippen LogP contribution in [0.4, 0.5) is 0 Å². The fourth-order valence-corrected chi connectivity index (χ4v) is 3.70. The Balaban J connectivity index is 0.00000312. The number of nitrogens with one attached hydrogen (secondary N) is 1. The second-order valence-electron chi connectivity index (χ2n) is 6.34. The summed E-state index contributed by atoms with van der Waals surface area (Å²) < 4.78 is 11.0. The van der Waals surface area contributed by atoms with Crippen LogP contribution in [0.3, 0.4) is 0 Å². The summed E-state index contributed by atoms with van der Waals surface area (Å²) in [6.45, 7) is 14.3. The van der Waals surface area contributed by atoms with Gasteiger partial charge in [-0.05, 0) is 34.6 Å². The molecular formula is C16H30IN5O2S. The monoisotopic (exact) mass is 483 g/mol. The van der Waals surface area contributed by atoms with Gasteiger partial charge in [-0.2, -0.15) is 16.7 Å². The van der Waals surface area contributed by atoms with Crippen LogP contribution in [0.1, 0.15) is 52.4 Å². The third kappa shape index (κ3) is 6.93. The van der Waals surface area contributed by atoms with Gasteiger partial charge >= 0.3 is 0 Å². The van der Waals surface area contributed by atoms with Crippen molar-refractivity contribution in [3.8, 4) is 0 Å². The van der Waals surface area contributed by atoms with Crippen molar-refractivity contribution in [2.75, 3.05) is 32.0 Å². The fraction of sp³-hybridized carbons (Fsp3) is 0.812. The van der Waals surface area contributed by atoms with Gasteiger partial charge in [-0.1, -0.05) is 5.16 Å². The number of halogens is 1. The molecule has 25 heavy (non-hydrogen) atoms. The van der Waals surface area contributed by atoms with E-state index < -0.39 is 0 Å². The van der Waals surface area contributed by atoms with E-state index in [4.69, 9.17) is 9.26 Å². The summed E-state index contributed by atoms with van der Waals surface area (Å²) in [5, 5.41) is 7.34. The van der Waals surface area contributed by atoms with E-state index in [1.807, 2.05) is 25.6 Å². The van der Waals surface area contributed by atoms with Crippen molar-refractivity contribution in [2.45, 2.75) is 52.0 Å². The molecule has 1 fully saturated rings. The number of rotatable bonds is 6. The number of hydrogen-bond acceptors (Lipinski definition) is 6. The highest BCUT2D eigenvalue weighted by molar-refractivity contribution is 14.0. The molecule has 0 amide bonds. The maximum atomic E-state index is 5.48. The third-order valence-electron chi connectivity index (χ3n) is 3.69. The van der Waals surface area contributed by atoms with Gasteiger partial charge in [-0.25, -0.2) is 4.99 Å². The molecule has 1 atom stereocenters. The Bertz CT molecular complexity index is 552. The van der Waals surface area contributed by atoms with Gasteiger partial charge in [0.15, 0.2) is 11.8 Å². The molecule has 1 N–H and O–H groups in total. The van der Waals surface area contributed by atoms with Gasteiger partial charge in [0.05, 0.1) is 0 Å². The van der Waals surface area contributed by atoms with Crippen LogP contribution >= 0.6 is 35.7 Å². The topological polar surface area (TPSA) is 75.8 Å². The standard InChI is InChI=1S/C16H29N5O2S.HI/c1-6-17-15(21-8-9-24-16(4,5)11-21)18-10-13-19-14(20-23-13)12(3)22-7-2;/h12H,6-11H2,1-5H3,(H,17,18);1H. The van der Waals surface area contributed by atoms with Gasteiger partial charge in [-0.3, -0.25) is 0 Å². The summed E-state index contributed by atoms with van der Waals surface area (Å²) in [7, 11) is 0. The average molecular weight is 483 g/mol. The van der Waals surface area contributed by atoms with Crippen LogP contribution in [0.5, 0.6) is 0 Å². The maximum absolute atomic E-state index is 5.48. The quantitative estimate of drug-likeness (QED) is 0.379. The van der Waals surface area contributed by atoms with Crippen molar-refractivity contribution in [1.82, 2.24) is 20.4 Å². The Labute approximate surface area is 171 Å². The number of hydrogen-bond donors (Lipinski definition) is 1. The first-order valence-corrected chi connectivity index (χ1v) is 9.55. The third-order valence-corrected chi connectivity index (χ3v) is 4.99. The second-order valence-corrected chi connectivity index (χ2v) is 8.15. The van der Waals surface area contributed by atoms with Crippen LogP contribution in [-0.2, 0) is 11.3 Å². The predicted octanol–water partition coefficient (Wildman–Crippen LogP) is 3.08. The normalized spacial score (nSPS) is 18.6. The molecule has 2 rings (SSSR count). The Kier molecular flexibility index (Phi) is 9.50. The first-order chi connectivity index (χ1) is 11.4. The zero-order chi connectivity index (χ0) is 17.6. The molecule has 1 aliphatic heterocycles. The highest BCUT2D eigenvalue weighted by Gasteiger charge is 2.28. The SMILES string of the molecule is CCNC(=NCc1nc(C(C)OCC)no1)N1CCSC(C)(C)C1.I. The van der Waals surface area contributed by atoms with Crippen molar-refractivity contribution in [2.24, 2.45) is 4.99 Å². The molecule has 1 aromatic rings. The van der Waals surface area contributed by atoms with Gasteiger partial charge in [0.2, 0.25) is 5.89 Å². The molecule has 144 valence electrons. The van der Waals surface area contributed by atoms with Crippen molar-refractivity contribution < 1.29 is 9.26 Å².